The number of hydrogen-bond donors (Lipinski definition) is 1. The zero-order valence-electron chi connectivity index (χ0n) is 22.0. The van der Waals surface area contributed by atoms with Crippen molar-refractivity contribution in [1.82, 2.24) is 34.9 Å². The summed E-state index contributed by atoms with van der Waals surface area (Å²) in [6, 6.07) is 11.6. The molecular weight excluding hydrogens is 494 g/mol. The Balaban J connectivity index is 1.17. The Kier molecular flexibility index (Phi) is 6.93. The Bertz CT molecular complexity index is 1500. The highest BCUT2D eigenvalue weighted by Gasteiger charge is 2.26. The SMILES string of the molecule is COc1ccccc1-c1[nH]nc2ncc(-c3cncc(C(=O)N4CCN(CC(=O)N5CCCC5)CC4)c3)cc12. The summed E-state index contributed by atoms with van der Waals surface area (Å²) in [6.45, 7) is 4.70. The Labute approximate surface area is 226 Å². The lowest BCUT2D eigenvalue weighted by Gasteiger charge is -2.35. The van der Waals surface area contributed by atoms with Crippen molar-refractivity contribution in [3.63, 3.8) is 0 Å². The van der Waals surface area contributed by atoms with Crippen LogP contribution in [0.15, 0.2) is 55.0 Å². The molecule has 0 bridgehead atoms. The van der Waals surface area contributed by atoms with Crippen LogP contribution in [0.2, 0.25) is 0 Å². The van der Waals surface area contributed by atoms with E-state index < -0.39 is 0 Å². The van der Waals surface area contributed by atoms with Crippen molar-refractivity contribution >= 4 is 22.8 Å². The zero-order valence-corrected chi connectivity index (χ0v) is 22.0. The molecule has 39 heavy (non-hydrogen) atoms. The third kappa shape index (κ3) is 5.07. The quantitative estimate of drug-likeness (QED) is 0.412. The fourth-order valence-corrected chi connectivity index (χ4v) is 5.38. The Morgan fingerprint density at radius 3 is 2.49 bits per heavy atom. The van der Waals surface area contributed by atoms with E-state index in [2.05, 4.69) is 25.1 Å². The van der Waals surface area contributed by atoms with E-state index in [0.29, 0.717) is 43.9 Å². The van der Waals surface area contributed by atoms with Crippen molar-refractivity contribution in [2.75, 3.05) is 52.9 Å². The molecule has 1 N–H and O–H groups in total. The summed E-state index contributed by atoms with van der Waals surface area (Å²) in [7, 11) is 1.64. The molecule has 3 aromatic heterocycles. The monoisotopic (exact) mass is 525 g/mol. The normalized spacial score (nSPS) is 16.1. The number of carbonyl (C=O) groups is 2. The summed E-state index contributed by atoms with van der Waals surface area (Å²) in [5.41, 5.74) is 4.49. The number of likely N-dealkylation sites (tertiary alicyclic amines) is 1. The van der Waals surface area contributed by atoms with Crippen LogP contribution in [0.1, 0.15) is 23.2 Å². The van der Waals surface area contributed by atoms with Crippen molar-refractivity contribution < 1.29 is 14.3 Å². The first-order valence-corrected chi connectivity index (χ1v) is 13.3. The van der Waals surface area contributed by atoms with Gasteiger partial charge in [0.2, 0.25) is 5.91 Å². The van der Waals surface area contributed by atoms with Crippen molar-refractivity contribution in [2.45, 2.75) is 12.8 Å². The van der Waals surface area contributed by atoms with E-state index in [-0.39, 0.29) is 11.8 Å². The third-order valence-electron chi connectivity index (χ3n) is 7.58. The highest BCUT2D eigenvalue weighted by molar-refractivity contribution is 5.97. The number of benzene rings is 1. The van der Waals surface area contributed by atoms with E-state index in [4.69, 9.17) is 4.74 Å². The van der Waals surface area contributed by atoms with Crippen molar-refractivity contribution in [1.29, 1.82) is 0 Å². The van der Waals surface area contributed by atoms with Gasteiger partial charge in [-0.2, -0.15) is 5.10 Å². The molecule has 10 heteroatoms. The van der Waals surface area contributed by atoms with Crippen molar-refractivity contribution in [3.8, 4) is 28.1 Å². The lowest BCUT2D eigenvalue weighted by Crippen LogP contribution is -2.51. The van der Waals surface area contributed by atoms with Crippen LogP contribution in [0.3, 0.4) is 0 Å². The molecule has 2 aliphatic rings. The molecule has 200 valence electrons. The van der Waals surface area contributed by atoms with Crippen LogP contribution < -0.4 is 4.74 Å². The molecule has 0 unspecified atom stereocenters. The second kappa shape index (κ2) is 10.8. The number of amides is 2. The molecule has 10 nitrogen and oxygen atoms in total. The highest BCUT2D eigenvalue weighted by Crippen LogP contribution is 2.34. The van der Waals surface area contributed by atoms with Crippen LogP contribution in [-0.2, 0) is 4.79 Å². The summed E-state index contributed by atoms with van der Waals surface area (Å²) in [6.07, 6.45) is 7.28. The number of aromatic amines is 1. The Morgan fingerprint density at radius 1 is 0.923 bits per heavy atom. The van der Waals surface area contributed by atoms with Gasteiger partial charge in [-0.05, 0) is 37.1 Å². The van der Waals surface area contributed by atoms with Gasteiger partial charge < -0.3 is 14.5 Å². The van der Waals surface area contributed by atoms with Crippen LogP contribution in [0.5, 0.6) is 5.75 Å². The lowest BCUT2D eigenvalue weighted by molar-refractivity contribution is -0.131. The molecule has 2 amide bonds. The number of rotatable bonds is 6. The van der Waals surface area contributed by atoms with Gasteiger partial charge in [-0.25, -0.2) is 4.98 Å². The van der Waals surface area contributed by atoms with Gasteiger partial charge in [-0.3, -0.25) is 24.6 Å². The third-order valence-corrected chi connectivity index (χ3v) is 7.58. The number of fused-ring (bicyclic) bond motifs is 1. The van der Waals surface area contributed by atoms with E-state index in [9.17, 15) is 9.59 Å². The molecule has 0 saturated carbocycles. The minimum atomic E-state index is -0.0538. The number of pyridine rings is 2. The molecule has 4 aromatic rings. The number of piperazine rings is 1. The fraction of sp³-hybridized carbons (Fsp3) is 0.345. The molecule has 2 saturated heterocycles. The largest absolute Gasteiger partial charge is 0.496 e. The maximum absolute atomic E-state index is 13.3. The molecule has 0 atom stereocenters. The van der Waals surface area contributed by atoms with Crippen molar-refractivity contribution in [3.05, 3.63) is 60.6 Å². The maximum atomic E-state index is 13.3. The highest BCUT2D eigenvalue weighted by atomic mass is 16.5. The van der Waals surface area contributed by atoms with E-state index in [0.717, 1.165) is 59.5 Å². The average molecular weight is 526 g/mol. The second-order valence-corrected chi connectivity index (χ2v) is 10.0. The van der Waals surface area contributed by atoms with Gasteiger partial charge in [0.05, 0.1) is 24.9 Å². The predicted molar refractivity (Wildman–Crippen MR) is 147 cm³/mol. The van der Waals surface area contributed by atoms with E-state index in [1.165, 1.54) is 0 Å². The van der Waals surface area contributed by atoms with E-state index in [1.807, 2.05) is 46.2 Å². The van der Waals surface area contributed by atoms with Gasteiger partial charge in [0.15, 0.2) is 5.65 Å². The van der Waals surface area contributed by atoms with Crippen LogP contribution in [-0.4, -0.2) is 99.6 Å². The number of para-hydroxylation sites is 1. The standard InChI is InChI=1S/C29H31N7O3/c1-39-25-7-3-2-6-23(25)27-24-15-21(18-31-28(24)33-32-27)20-14-22(17-30-16-20)29(38)36-12-10-34(11-13-36)19-26(37)35-8-4-5-9-35/h2-3,6-7,14-18H,4-5,8-13,19H2,1H3,(H,31,32,33). The van der Waals surface area contributed by atoms with E-state index >= 15 is 0 Å². The van der Waals surface area contributed by atoms with Crippen LogP contribution in [0, 0.1) is 0 Å². The van der Waals surface area contributed by atoms with Gasteiger partial charge in [0.25, 0.3) is 5.91 Å². The smallest absolute Gasteiger partial charge is 0.255 e. The van der Waals surface area contributed by atoms with Crippen LogP contribution in [0.25, 0.3) is 33.4 Å². The Morgan fingerprint density at radius 2 is 1.69 bits per heavy atom. The van der Waals surface area contributed by atoms with Gasteiger partial charge >= 0.3 is 0 Å². The summed E-state index contributed by atoms with van der Waals surface area (Å²) in [5, 5.41) is 8.31. The number of hydrogen-bond acceptors (Lipinski definition) is 7. The molecule has 5 heterocycles. The second-order valence-electron chi connectivity index (χ2n) is 10.0. The molecule has 2 aliphatic heterocycles. The number of nitrogens with zero attached hydrogens (tertiary/aromatic N) is 6. The van der Waals surface area contributed by atoms with Crippen LogP contribution in [0.4, 0.5) is 0 Å². The minimum Gasteiger partial charge on any atom is -0.496 e. The van der Waals surface area contributed by atoms with Gasteiger partial charge in [0.1, 0.15) is 5.75 Å². The summed E-state index contributed by atoms with van der Waals surface area (Å²) >= 11 is 0. The molecule has 2 fully saturated rings. The molecule has 1 aromatic carbocycles. The zero-order chi connectivity index (χ0) is 26.8. The first-order chi connectivity index (χ1) is 19.1. The average Bonchev–Trinajstić information content (AvgIpc) is 3.68. The number of nitrogens with one attached hydrogen (secondary N) is 1. The lowest BCUT2D eigenvalue weighted by atomic mass is 10.0. The number of H-pyrrole nitrogens is 1. The minimum absolute atomic E-state index is 0.0538. The number of ether oxygens (including phenoxy) is 1. The van der Waals surface area contributed by atoms with E-state index in [1.54, 1.807) is 25.7 Å². The van der Waals surface area contributed by atoms with Gasteiger partial charge in [-0.15, -0.1) is 0 Å². The molecule has 0 spiro atoms. The maximum Gasteiger partial charge on any atom is 0.255 e. The number of aromatic nitrogens is 4. The topological polar surface area (TPSA) is 108 Å². The molecule has 6 rings (SSSR count). The molecule has 0 radical (unpaired) electrons. The van der Waals surface area contributed by atoms with Gasteiger partial charge in [0, 0.05) is 79.9 Å². The van der Waals surface area contributed by atoms with Crippen molar-refractivity contribution in [2.24, 2.45) is 0 Å². The Hall–Kier alpha value is -4.31. The predicted octanol–water partition coefficient (Wildman–Crippen LogP) is 3.08. The number of carbonyl (C=O) groups excluding carboxylic acids is 2. The fourth-order valence-electron chi connectivity index (χ4n) is 5.38. The first-order valence-electron chi connectivity index (χ1n) is 13.3. The summed E-state index contributed by atoms with van der Waals surface area (Å²) in [5.74, 6) is 0.881. The summed E-state index contributed by atoms with van der Waals surface area (Å²) in [4.78, 5) is 40.7. The van der Waals surface area contributed by atoms with Crippen LogP contribution >= 0.6 is 0 Å². The van der Waals surface area contributed by atoms with Gasteiger partial charge in [-0.1, -0.05) is 12.1 Å². The molecule has 0 aliphatic carbocycles. The summed E-state index contributed by atoms with van der Waals surface area (Å²) < 4.78 is 5.54. The first kappa shape index (κ1) is 25.0. The molecular formula is C29H31N7O3. The number of methoxy groups -OCH3 is 1.